The van der Waals surface area contributed by atoms with Crippen LogP contribution in [-0.2, 0) is 6.54 Å². The number of fused-ring (bicyclic) bond motifs is 4. The maximum Gasteiger partial charge on any atom is 0.186 e. The van der Waals surface area contributed by atoms with Gasteiger partial charge in [0, 0.05) is 39.1 Å². The summed E-state index contributed by atoms with van der Waals surface area (Å²) < 4.78 is 1.11. The normalized spacial score (nSPS) is 17.2. The molecule has 0 spiro atoms. The molecule has 3 heterocycles. The van der Waals surface area contributed by atoms with Crippen LogP contribution in [0.5, 0.6) is 0 Å². The minimum Gasteiger partial charge on any atom is -0.357 e. The number of nitrogens with one attached hydrogen (secondary N) is 1. The van der Waals surface area contributed by atoms with E-state index >= 15 is 0 Å². The average molecular weight is 420 g/mol. The highest BCUT2D eigenvalue weighted by molar-refractivity contribution is 7.80. The van der Waals surface area contributed by atoms with Crippen molar-refractivity contribution in [2.45, 2.75) is 12.5 Å². The van der Waals surface area contributed by atoms with Crippen molar-refractivity contribution in [2.75, 3.05) is 17.2 Å². The maximum atomic E-state index is 6.23. The molecule has 0 fully saturated rings. The summed E-state index contributed by atoms with van der Waals surface area (Å²) in [5, 5.41) is 3.75. The number of hydrogen-bond donors (Lipinski definition) is 2. The molecule has 2 aromatic heterocycles. The molecule has 0 bridgehead atoms. The number of H-pyrrole nitrogens is 1. The Labute approximate surface area is 170 Å². The van der Waals surface area contributed by atoms with Crippen LogP contribution >= 0.6 is 47.2 Å². The molecule has 1 N–H and O–H groups in total. The van der Waals surface area contributed by atoms with Crippen molar-refractivity contribution in [1.82, 2.24) is 9.97 Å². The molecule has 3 nitrogen and oxygen atoms in total. The van der Waals surface area contributed by atoms with Gasteiger partial charge < -0.3 is 9.88 Å². The van der Waals surface area contributed by atoms with Crippen molar-refractivity contribution in [3.05, 3.63) is 57.7 Å². The zero-order chi connectivity index (χ0) is 17.8. The second-order valence-electron chi connectivity index (χ2n) is 6.58. The Kier molecular flexibility index (Phi) is 4.09. The molecule has 0 radical (unpaired) electrons. The van der Waals surface area contributed by atoms with Gasteiger partial charge in [-0.2, -0.15) is 12.6 Å². The van der Waals surface area contributed by atoms with Crippen molar-refractivity contribution in [2.24, 2.45) is 0 Å². The smallest absolute Gasteiger partial charge is 0.186 e. The van der Waals surface area contributed by atoms with Crippen LogP contribution in [0.3, 0.4) is 0 Å². The molecule has 0 saturated carbocycles. The Morgan fingerprint density at radius 2 is 2.00 bits per heavy atom. The van der Waals surface area contributed by atoms with E-state index in [0.29, 0.717) is 5.92 Å². The van der Waals surface area contributed by atoms with E-state index in [2.05, 4.69) is 34.6 Å². The van der Waals surface area contributed by atoms with E-state index in [1.54, 1.807) is 11.3 Å². The minimum atomic E-state index is 0.324. The summed E-state index contributed by atoms with van der Waals surface area (Å²) in [6, 6.07) is 11.9. The van der Waals surface area contributed by atoms with Crippen LogP contribution in [0.1, 0.15) is 17.2 Å². The monoisotopic (exact) mass is 419 g/mol. The van der Waals surface area contributed by atoms with Gasteiger partial charge in [0.05, 0.1) is 16.8 Å². The van der Waals surface area contributed by atoms with E-state index < -0.39 is 0 Å². The standard InChI is InChI=1S/C19H15Cl2N3S2/c20-11-1-3-14-13(5-11)18-10(9-25)7-24(8-16(18)22-14)19-23-15-4-2-12(21)6-17(15)26-19/h1-6,10,22,25H,7-9H2. The second-order valence-corrected chi connectivity index (χ2v) is 8.82. The van der Waals surface area contributed by atoms with Crippen LogP contribution in [0.25, 0.3) is 21.1 Å². The molecule has 1 aliphatic heterocycles. The predicted molar refractivity (Wildman–Crippen MR) is 116 cm³/mol. The lowest BCUT2D eigenvalue weighted by Crippen LogP contribution is -2.34. The Morgan fingerprint density at radius 3 is 2.85 bits per heavy atom. The lowest BCUT2D eigenvalue weighted by molar-refractivity contribution is 0.643. The van der Waals surface area contributed by atoms with Crippen LogP contribution in [0.2, 0.25) is 10.0 Å². The molecular weight excluding hydrogens is 405 g/mol. The van der Waals surface area contributed by atoms with Gasteiger partial charge in [0.2, 0.25) is 0 Å². The van der Waals surface area contributed by atoms with Gasteiger partial charge in [-0.05, 0) is 47.7 Å². The van der Waals surface area contributed by atoms with Crippen molar-refractivity contribution in [3.8, 4) is 0 Å². The van der Waals surface area contributed by atoms with Crippen molar-refractivity contribution in [3.63, 3.8) is 0 Å². The molecule has 0 amide bonds. The number of halogens is 2. The van der Waals surface area contributed by atoms with Crippen molar-refractivity contribution >= 4 is 73.4 Å². The first-order chi connectivity index (χ1) is 12.6. The van der Waals surface area contributed by atoms with Crippen LogP contribution in [0.4, 0.5) is 5.13 Å². The fourth-order valence-corrected chi connectivity index (χ4v) is 5.48. The van der Waals surface area contributed by atoms with Crippen LogP contribution < -0.4 is 4.90 Å². The number of rotatable bonds is 2. The fraction of sp³-hybridized carbons (Fsp3) is 0.211. The van der Waals surface area contributed by atoms with Crippen LogP contribution in [0.15, 0.2) is 36.4 Å². The molecule has 5 rings (SSSR count). The molecule has 0 aliphatic carbocycles. The Hall–Kier alpha value is -1.40. The molecule has 1 atom stereocenters. The third-order valence-electron chi connectivity index (χ3n) is 4.91. The highest BCUT2D eigenvalue weighted by Gasteiger charge is 2.29. The number of thiazole rings is 1. The first-order valence-electron chi connectivity index (χ1n) is 8.34. The molecule has 26 heavy (non-hydrogen) atoms. The Balaban J connectivity index is 1.59. The van der Waals surface area contributed by atoms with E-state index in [4.69, 9.17) is 28.2 Å². The predicted octanol–water partition coefficient (Wildman–Crippen LogP) is 6.12. The zero-order valence-corrected chi connectivity index (χ0v) is 16.9. The minimum absolute atomic E-state index is 0.324. The molecule has 2 aromatic carbocycles. The quantitative estimate of drug-likeness (QED) is 0.383. The van der Waals surface area contributed by atoms with Gasteiger partial charge >= 0.3 is 0 Å². The van der Waals surface area contributed by atoms with Gasteiger partial charge in [-0.1, -0.05) is 34.5 Å². The highest BCUT2D eigenvalue weighted by atomic mass is 35.5. The van der Waals surface area contributed by atoms with Gasteiger partial charge in [0.1, 0.15) is 0 Å². The lowest BCUT2D eigenvalue weighted by atomic mass is 9.93. The molecule has 0 saturated heterocycles. The number of aromatic amines is 1. The van der Waals surface area contributed by atoms with Crippen molar-refractivity contribution < 1.29 is 0 Å². The number of hydrogen-bond acceptors (Lipinski definition) is 4. The van der Waals surface area contributed by atoms with E-state index in [9.17, 15) is 0 Å². The van der Waals surface area contributed by atoms with Gasteiger partial charge in [-0.15, -0.1) is 0 Å². The van der Waals surface area contributed by atoms with Crippen LogP contribution in [0, 0.1) is 0 Å². The summed E-state index contributed by atoms with van der Waals surface area (Å²) in [6.07, 6.45) is 0. The summed E-state index contributed by atoms with van der Waals surface area (Å²) in [7, 11) is 0. The van der Waals surface area contributed by atoms with Crippen molar-refractivity contribution in [1.29, 1.82) is 0 Å². The Morgan fingerprint density at radius 1 is 1.19 bits per heavy atom. The lowest BCUT2D eigenvalue weighted by Gasteiger charge is -2.32. The summed E-state index contributed by atoms with van der Waals surface area (Å²) >= 11 is 18.7. The second kappa shape index (κ2) is 6.34. The SMILES string of the molecule is SCC1CN(c2nc3ccc(Cl)cc3s2)Cc2[nH]c3ccc(Cl)cc3c21. The number of thiol groups is 1. The number of aromatic nitrogens is 2. The van der Waals surface area contributed by atoms with Gasteiger partial charge in [0.15, 0.2) is 5.13 Å². The summed E-state index contributed by atoms with van der Waals surface area (Å²) in [5.74, 6) is 1.10. The molecule has 4 aromatic rings. The zero-order valence-electron chi connectivity index (χ0n) is 13.7. The first kappa shape index (κ1) is 16.8. The topological polar surface area (TPSA) is 31.9 Å². The largest absolute Gasteiger partial charge is 0.357 e. The van der Waals surface area contributed by atoms with E-state index in [1.165, 1.54) is 16.6 Å². The van der Waals surface area contributed by atoms with E-state index in [-0.39, 0.29) is 0 Å². The average Bonchev–Trinajstić information content (AvgIpc) is 3.21. The van der Waals surface area contributed by atoms with Gasteiger partial charge in [-0.3, -0.25) is 0 Å². The van der Waals surface area contributed by atoms with E-state index in [1.807, 2.05) is 24.3 Å². The maximum absolute atomic E-state index is 6.23. The van der Waals surface area contributed by atoms with Crippen LogP contribution in [-0.4, -0.2) is 22.3 Å². The number of nitrogens with zero attached hydrogens (tertiary/aromatic N) is 2. The summed E-state index contributed by atoms with van der Waals surface area (Å²) in [5.41, 5.74) is 4.69. The third kappa shape index (κ3) is 2.69. The fourth-order valence-electron chi connectivity index (χ4n) is 3.76. The first-order valence-corrected chi connectivity index (χ1v) is 10.5. The number of benzene rings is 2. The summed E-state index contributed by atoms with van der Waals surface area (Å²) in [6.45, 7) is 1.70. The van der Waals surface area contributed by atoms with E-state index in [0.717, 1.165) is 49.8 Å². The summed E-state index contributed by atoms with van der Waals surface area (Å²) in [4.78, 5) is 10.7. The molecule has 132 valence electrons. The molecule has 1 aliphatic rings. The van der Waals surface area contributed by atoms with Gasteiger partial charge in [0.25, 0.3) is 0 Å². The van der Waals surface area contributed by atoms with Gasteiger partial charge in [-0.25, -0.2) is 4.98 Å². The molecular formula is C19H15Cl2N3S2. The molecule has 7 heteroatoms. The third-order valence-corrected chi connectivity index (χ3v) is 6.90. The molecule has 1 unspecified atom stereocenters. The Bertz CT molecular complexity index is 1130. The highest BCUT2D eigenvalue weighted by Crippen LogP contribution is 2.40. The number of anilines is 1.